The Morgan fingerprint density at radius 3 is 2.17 bits per heavy atom. The third kappa shape index (κ3) is 8.91. The number of hydrogen-bond acceptors (Lipinski definition) is 4. The van der Waals surface area contributed by atoms with E-state index in [1.165, 1.54) is 11.4 Å². The average molecular weight is 584 g/mol. The van der Waals surface area contributed by atoms with Gasteiger partial charge in [0.1, 0.15) is 6.04 Å². The molecule has 1 N–H and O–H groups in total. The Morgan fingerprint density at radius 1 is 0.900 bits per heavy atom. The molecule has 3 aromatic rings. The van der Waals surface area contributed by atoms with Crippen molar-refractivity contribution in [3.8, 4) is 0 Å². The molecule has 40 heavy (non-hydrogen) atoms. The lowest BCUT2D eigenvalue weighted by molar-refractivity contribution is -0.141. The minimum absolute atomic E-state index is 0.0760. The van der Waals surface area contributed by atoms with Gasteiger partial charge in [-0.1, -0.05) is 91.7 Å². The van der Waals surface area contributed by atoms with E-state index in [0.717, 1.165) is 24.0 Å². The summed E-state index contributed by atoms with van der Waals surface area (Å²) in [5.74, 6) is -0.460. The summed E-state index contributed by atoms with van der Waals surface area (Å²) in [6.45, 7) is 2.90. The number of carbonyl (C=O) groups excluding carboxylic acids is 2. The van der Waals surface area contributed by atoms with E-state index in [4.69, 9.17) is 11.6 Å². The number of rotatable bonds is 15. The zero-order chi connectivity index (χ0) is 29.0. The minimum atomic E-state index is -3.67. The van der Waals surface area contributed by atoms with E-state index in [-0.39, 0.29) is 36.2 Å². The molecule has 0 aliphatic rings. The predicted molar refractivity (Wildman–Crippen MR) is 159 cm³/mol. The molecule has 0 aliphatic carbocycles. The van der Waals surface area contributed by atoms with Crippen LogP contribution in [0.4, 0.5) is 0 Å². The van der Waals surface area contributed by atoms with E-state index in [9.17, 15) is 18.0 Å². The van der Waals surface area contributed by atoms with Crippen molar-refractivity contribution in [3.05, 3.63) is 101 Å². The second kappa shape index (κ2) is 15.6. The number of amides is 2. The zero-order valence-electron chi connectivity index (χ0n) is 23.1. The molecule has 7 nitrogen and oxygen atoms in total. The number of unbranched alkanes of at least 4 members (excludes halogenated alkanes) is 1. The molecule has 2 amide bonds. The van der Waals surface area contributed by atoms with Gasteiger partial charge in [-0.2, -0.15) is 0 Å². The number of carbonyl (C=O) groups is 2. The van der Waals surface area contributed by atoms with Crippen LogP contribution in [0.25, 0.3) is 0 Å². The van der Waals surface area contributed by atoms with E-state index >= 15 is 0 Å². The van der Waals surface area contributed by atoms with Crippen LogP contribution in [-0.4, -0.2) is 55.6 Å². The predicted octanol–water partition coefficient (Wildman–Crippen LogP) is 5.30. The standard InChI is InChI=1S/C31H38ClN3O4S/c1-3-4-21-33-31(37)29(23-25-14-7-5-8-15-25)35(24-26-16-11-12-19-28(26)32)30(36)20-13-22-34(2)40(38,39)27-17-9-6-10-18-27/h5-12,14-19,29H,3-4,13,20-24H2,1-2H3,(H,33,37). The second-order valence-electron chi connectivity index (χ2n) is 9.71. The smallest absolute Gasteiger partial charge is 0.243 e. The fraction of sp³-hybridized carbons (Fsp3) is 0.355. The van der Waals surface area contributed by atoms with Gasteiger partial charge in [0.05, 0.1) is 4.90 Å². The van der Waals surface area contributed by atoms with Gasteiger partial charge in [0.2, 0.25) is 21.8 Å². The largest absolute Gasteiger partial charge is 0.354 e. The highest BCUT2D eigenvalue weighted by molar-refractivity contribution is 7.89. The van der Waals surface area contributed by atoms with Crippen molar-refractivity contribution in [2.75, 3.05) is 20.1 Å². The summed E-state index contributed by atoms with van der Waals surface area (Å²) in [7, 11) is -2.16. The lowest BCUT2D eigenvalue weighted by Crippen LogP contribution is -2.50. The van der Waals surface area contributed by atoms with Crippen molar-refractivity contribution in [1.82, 2.24) is 14.5 Å². The molecule has 9 heteroatoms. The van der Waals surface area contributed by atoms with Crippen molar-refractivity contribution < 1.29 is 18.0 Å². The molecule has 0 saturated heterocycles. The maximum absolute atomic E-state index is 13.8. The van der Waals surface area contributed by atoms with Crippen LogP contribution < -0.4 is 5.32 Å². The molecule has 214 valence electrons. The van der Waals surface area contributed by atoms with Gasteiger partial charge >= 0.3 is 0 Å². The van der Waals surface area contributed by atoms with Crippen LogP contribution in [0.15, 0.2) is 89.8 Å². The van der Waals surface area contributed by atoms with Gasteiger partial charge in [0.25, 0.3) is 0 Å². The third-order valence-electron chi connectivity index (χ3n) is 6.71. The Hall–Kier alpha value is -3.20. The van der Waals surface area contributed by atoms with E-state index < -0.39 is 16.1 Å². The second-order valence-corrected chi connectivity index (χ2v) is 12.2. The molecular weight excluding hydrogens is 546 g/mol. The van der Waals surface area contributed by atoms with Gasteiger partial charge in [-0.3, -0.25) is 9.59 Å². The van der Waals surface area contributed by atoms with E-state index in [0.29, 0.717) is 24.4 Å². The fourth-order valence-electron chi connectivity index (χ4n) is 4.36. The molecule has 0 aromatic heterocycles. The van der Waals surface area contributed by atoms with Crippen LogP contribution in [-0.2, 0) is 32.6 Å². The van der Waals surface area contributed by atoms with Crippen molar-refractivity contribution >= 4 is 33.4 Å². The summed E-state index contributed by atoms with van der Waals surface area (Å²) in [6, 6.07) is 24.3. The quantitative estimate of drug-likeness (QED) is 0.246. The third-order valence-corrected chi connectivity index (χ3v) is 8.95. The monoisotopic (exact) mass is 583 g/mol. The molecular formula is C31H38ClN3O4S. The average Bonchev–Trinajstić information content (AvgIpc) is 2.96. The minimum Gasteiger partial charge on any atom is -0.354 e. The number of hydrogen-bond donors (Lipinski definition) is 1. The lowest BCUT2D eigenvalue weighted by Gasteiger charge is -2.32. The van der Waals surface area contributed by atoms with Crippen LogP contribution in [0.5, 0.6) is 0 Å². The van der Waals surface area contributed by atoms with E-state index in [1.54, 1.807) is 41.3 Å². The van der Waals surface area contributed by atoms with Crippen LogP contribution in [0, 0.1) is 0 Å². The molecule has 1 atom stereocenters. The molecule has 0 radical (unpaired) electrons. The van der Waals surface area contributed by atoms with E-state index in [2.05, 4.69) is 12.2 Å². The molecule has 0 fully saturated rings. The fourth-order valence-corrected chi connectivity index (χ4v) is 5.79. The summed E-state index contributed by atoms with van der Waals surface area (Å²) < 4.78 is 27.1. The topological polar surface area (TPSA) is 86.8 Å². The van der Waals surface area contributed by atoms with Crippen molar-refractivity contribution in [2.45, 2.75) is 56.5 Å². The first-order valence-corrected chi connectivity index (χ1v) is 15.4. The first-order valence-electron chi connectivity index (χ1n) is 13.6. The lowest BCUT2D eigenvalue weighted by atomic mass is 10.0. The highest BCUT2D eigenvalue weighted by Crippen LogP contribution is 2.22. The molecule has 0 aliphatic heterocycles. The highest BCUT2D eigenvalue weighted by Gasteiger charge is 2.31. The molecule has 0 spiro atoms. The summed E-state index contributed by atoms with van der Waals surface area (Å²) in [6.07, 6.45) is 2.50. The van der Waals surface area contributed by atoms with Gasteiger partial charge in [0.15, 0.2) is 0 Å². The molecule has 0 saturated carbocycles. The van der Waals surface area contributed by atoms with Gasteiger partial charge in [-0.15, -0.1) is 0 Å². The summed E-state index contributed by atoms with van der Waals surface area (Å²) in [5.41, 5.74) is 1.67. The van der Waals surface area contributed by atoms with Crippen molar-refractivity contribution in [2.24, 2.45) is 0 Å². The van der Waals surface area contributed by atoms with Gasteiger partial charge in [-0.25, -0.2) is 12.7 Å². The van der Waals surface area contributed by atoms with Crippen molar-refractivity contribution in [3.63, 3.8) is 0 Å². The number of sulfonamides is 1. The normalized spacial score (nSPS) is 12.2. The highest BCUT2D eigenvalue weighted by atomic mass is 35.5. The van der Waals surface area contributed by atoms with Gasteiger partial charge in [-0.05, 0) is 42.2 Å². The van der Waals surface area contributed by atoms with Gasteiger partial charge in [0, 0.05) is 44.5 Å². The molecule has 0 heterocycles. The van der Waals surface area contributed by atoms with Crippen LogP contribution in [0.1, 0.15) is 43.7 Å². The summed E-state index contributed by atoms with van der Waals surface area (Å²) in [5, 5.41) is 3.51. The molecule has 3 aromatic carbocycles. The summed E-state index contributed by atoms with van der Waals surface area (Å²) in [4.78, 5) is 29.0. The van der Waals surface area contributed by atoms with Crippen molar-refractivity contribution in [1.29, 1.82) is 0 Å². The zero-order valence-corrected chi connectivity index (χ0v) is 24.7. The van der Waals surface area contributed by atoms with Crippen LogP contribution in [0.3, 0.4) is 0 Å². The molecule has 1 unspecified atom stereocenters. The molecule has 3 rings (SSSR count). The van der Waals surface area contributed by atoms with Gasteiger partial charge < -0.3 is 10.2 Å². The number of nitrogens with one attached hydrogen (secondary N) is 1. The Balaban J connectivity index is 1.82. The molecule has 0 bridgehead atoms. The van der Waals surface area contributed by atoms with E-state index in [1.807, 2.05) is 48.5 Å². The number of nitrogens with zero attached hydrogens (tertiary/aromatic N) is 2. The SMILES string of the molecule is CCCCNC(=O)C(Cc1ccccc1)N(Cc1ccccc1Cl)C(=O)CCCN(C)S(=O)(=O)c1ccccc1. The Labute approximate surface area is 243 Å². The Morgan fingerprint density at radius 2 is 1.52 bits per heavy atom. The van der Waals surface area contributed by atoms with Crippen LogP contribution >= 0.6 is 11.6 Å². The number of halogens is 1. The number of benzene rings is 3. The Bertz CT molecular complexity index is 1340. The first-order chi connectivity index (χ1) is 19.2. The summed E-state index contributed by atoms with van der Waals surface area (Å²) >= 11 is 6.46. The maximum Gasteiger partial charge on any atom is 0.243 e. The van der Waals surface area contributed by atoms with Crippen LogP contribution in [0.2, 0.25) is 5.02 Å². The Kier molecular flexibility index (Phi) is 12.2. The first kappa shape index (κ1) is 31.3. The maximum atomic E-state index is 13.8.